The molecule has 2 heterocycles. The second-order valence-corrected chi connectivity index (χ2v) is 6.92. The molecule has 0 bridgehead atoms. The van der Waals surface area contributed by atoms with Gasteiger partial charge in [-0.05, 0) is 68.7 Å². The Labute approximate surface area is 158 Å². The van der Waals surface area contributed by atoms with Gasteiger partial charge < -0.3 is 10.6 Å². The molecule has 2 heteroatoms. The summed E-state index contributed by atoms with van der Waals surface area (Å²) in [5.41, 5.74) is 3.06. The van der Waals surface area contributed by atoms with Crippen LogP contribution in [0.1, 0.15) is 92.9 Å². The molecular formula is C23H46N2. The summed E-state index contributed by atoms with van der Waals surface area (Å²) in [6, 6.07) is 0. The van der Waals surface area contributed by atoms with Crippen molar-refractivity contribution in [2.45, 2.75) is 92.9 Å². The quantitative estimate of drug-likeness (QED) is 0.611. The summed E-state index contributed by atoms with van der Waals surface area (Å²) >= 11 is 0. The van der Waals surface area contributed by atoms with Crippen molar-refractivity contribution in [2.75, 3.05) is 19.6 Å². The van der Waals surface area contributed by atoms with Crippen LogP contribution in [0.3, 0.4) is 0 Å². The minimum absolute atomic E-state index is 0.758. The van der Waals surface area contributed by atoms with E-state index in [-0.39, 0.29) is 0 Å². The zero-order valence-corrected chi connectivity index (χ0v) is 18.1. The van der Waals surface area contributed by atoms with Crippen LogP contribution < -0.4 is 10.6 Å². The SMILES string of the molecule is CC.CC.CC1C=CC2=C(CCCN2)C1.CCCCC1CCNCC1. The highest BCUT2D eigenvalue weighted by Crippen LogP contribution is 2.27. The van der Waals surface area contributed by atoms with Crippen LogP contribution in [-0.2, 0) is 0 Å². The average Bonchev–Trinajstić information content (AvgIpc) is 2.70. The Morgan fingerprint density at radius 2 is 1.72 bits per heavy atom. The van der Waals surface area contributed by atoms with E-state index in [0.29, 0.717) is 0 Å². The Hall–Kier alpha value is -0.760. The minimum Gasteiger partial charge on any atom is -0.385 e. The van der Waals surface area contributed by atoms with E-state index in [2.05, 4.69) is 36.6 Å². The number of nitrogens with one attached hydrogen (secondary N) is 2. The van der Waals surface area contributed by atoms with Gasteiger partial charge >= 0.3 is 0 Å². The van der Waals surface area contributed by atoms with Crippen molar-refractivity contribution in [3.63, 3.8) is 0 Å². The normalized spacial score (nSPS) is 22.1. The number of hydrogen-bond donors (Lipinski definition) is 2. The van der Waals surface area contributed by atoms with E-state index < -0.39 is 0 Å². The smallest absolute Gasteiger partial charge is 0.0329 e. The number of hydrogen-bond acceptors (Lipinski definition) is 2. The summed E-state index contributed by atoms with van der Waals surface area (Å²) in [7, 11) is 0. The average molecular weight is 351 g/mol. The molecule has 148 valence electrons. The predicted octanol–water partition coefficient (Wildman–Crippen LogP) is 6.45. The maximum atomic E-state index is 3.43. The van der Waals surface area contributed by atoms with Gasteiger partial charge in [0.15, 0.2) is 0 Å². The molecule has 25 heavy (non-hydrogen) atoms. The fourth-order valence-corrected chi connectivity index (χ4v) is 3.55. The van der Waals surface area contributed by atoms with E-state index in [4.69, 9.17) is 0 Å². The highest BCUT2D eigenvalue weighted by molar-refractivity contribution is 5.30. The molecule has 0 spiro atoms. The first-order chi connectivity index (χ1) is 12.3. The molecule has 2 nitrogen and oxygen atoms in total. The molecule has 1 atom stereocenters. The molecule has 1 aliphatic carbocycles. The molecular weight excluding hydrogens is 304 g/mol. The van der Waals surface area contributed by atoms with Crippen LogP contribution in [-0.4, -0.2) is 19.6 Å². The standard InChI is InChI=1S/C10H15N.C9H19N.2C2H6/c1-8-4-5-10-9(7-8)3-2-6-11-10;1-2-3-4-9-5-7-10-8-6-9;2*1-2/h4-5,8,11H,2-3,6-7H2,1H3;9-10H,2-8H2,1H3;2*1-2H3. The molecule has 0 saturated carbocycles. The van der Waals surface area contributed by atoms with Crippen LogP contribution in [0.4, 0.5) is 0 Å². The van der Waals surface area contributed by atoms with Crippen molar-refractivity contribution in [1.29, 1.82) is 0 Å². The Morgan fingerprint density at radius 1 is 1.04 bits per heavy atom. The lowest BCUT2D eigenvalue weighted by Crippen LogP contribution is -2.27. The van der Waals surface area contributed by atoms with Gasteiger partial charge in [-0.3, -0.25) is 0 Å². The van der Waals surface area contributed by atoms with Crippen LogP contribution in [0.5, 0.6) is 0 Å². The first kappa shape index (κ1) is 24.2. The summed E-state index contributed by atoms with van der Waals surface area (Å²) in [5.74, 6) is 1.80. The van der Waals surface area contributed by atoms with E-state index in [0.717, 1.165) is 18.4 Å². The Morgan fingerprint density at radius 3 is 2.36 bits per heavy atom. The molecule has 1 saturated heterocycles. The van der Waals surface area contributed by atoms with E-state index in [9.17, 15) is 0 Å². The van der Waals surface area contributed by atoms with Gasteiger partial charge in [0.2, 0.25) is 0 Å². The maximum absolute atomic E-state index is 3.43. The lowest BCUT2D eigenvalue weighted by atomic mass is 9.89. The largest absolute Gasteiger partial charge is 0.385 e. The van der Waals surface area contributed by atoms with E-state index in [1.165, 1.54) is 70.2 Å². The van der Waals surface area contributed by atoms with Crippen molar-refractivity contribution in [1.82, 2.24) is 10.6 Å². The van der Waals surface area contributed by atoms with Gasteiger partial charge in [0.1, 0.15) is 0 Å². The summed E-state index contributed by atoms with van der Waals surface area (Å²) in [6.45, 7) is 16.2. The number of rotatable bonds is 3. The fourth-order valence-electron chi connectivity index (χ4n) is 3.55. The highest BCUT2D eigenvalue weighted by Gasteiger charge is 2.15. The monoisotopic (exact) mass is 350 g/mol. The van der Waals surface area contributed by atoms with Gasteiger partial charge in [0.25, 0.3) is 0 Å². The van der Waals surface area contributed by atoms with Crippen LogP contribution in [0.25, 0.3) is 0 Å². The summed E-state index contributed by atoms with van der Waals surface area (Å²) in [4.78, 5) is 0. The van der Waals surface area contributed by atoms with Crippen LogP contribution in [0.2, 0.25) is 0 Å². The van der Waals surface area contributed by atoms with E-state index >= 15 is 0 Å². The number of allylic oxidation sites excluding steroid dienone is 3. The Kier molecular flexibility index (Phi) is 16.2. The number of unbranched alkanes of at least 4 members (excludes halogenated alkanes) is 1. The van der Waals surface area contributed by atoms with Gasteiger partial charge in [-0.2, -0.15) is 0 Å². The minimum atomic E-state index is 0.758. The van der Waals surface area contributed by atoms with Crippen molar-refractivity contribution >= 4 is 0 Å². The lowest BCUT2D eigenvalue weighted by molar-refractivity contribution is 0.346. The summed E-state index contributed by atoms with van der Waals surface area (Å²) < 4.78 is 0. The van der Waals surface area contributed by atoms with Gasteiger partial charge in [-0.15, -0.1) is 0 Å². The maximum Gasteiger partial charge on any atom is 0.0329 e. The second-order valence-electron chi connectivity index (χ2n) is 6.92. The van der Waals surface area contributed by atoms with E-state index in [1.54, 1.807) is 5.57 Å². The zero-order chi connectivity index (χ0) is 18.9. The second kappa shape index (κ2) is 16.7. The van der Waals surface area contributed by atoms with Gasteiger partial charge in [-0.25, -0.2) is 0 Å². The molecule has 1 fully saturated rings. The fraction of sp³-hybridized carbons (Fsp3) is 0.826. The molecule has 0 aromatic rings. The molecule has 3 aliphatic rings. The van der Waals surface area contributed by atoms with Crippen LogP contribution >= 0.6 is 0 Å². The zero-order valence-electron chi connectivity index (χ0n) is 18.1. The first-order valence-electron chi connectivity index (χ1n) is 11.1. The molecule has 0 aromatic carbocycles. The highest BCUT2D eigenvalue weighted by atomic mass is 14.9. The molecule has 2 N–H and O–H groups in total. The molecule has 1 unspecified atom stereocenters. The third-order valence-electron chi connectivity index (χ3n) is 4.94. The summed E-state index contributed by atoms with van der Waals surface area (Å²) in [6.07, 6.45) is 15.6. The predicted molar refractivity (Wildman–Crippen MR) is 115 cm³/mol. The van der Waals surface area contributed by atoms with Gasteiger partial charge in [0.05, 0.1) is 0 Å². The third kappa shape index (κ3) is 10.7. The molecule has 0 radical (unpaired) electrons. The van der Waals surface area contributed by atoms with Crippen LogP contribution in [0.15, 0.2) is 23.4 Å². The van der Waals surface area contributed by atoms with Crippen molar-refractivity contribution < 1.29 is 0 Å². The molecule has 2 aliphatic heterocycles. The van der Waals surface area contributed by atoms with Gasteiger partial charge in [-0.1, -0.05) is 66.9 Å². The molecule has 3 rings (SSSR count). The van der Waals surface area contributed by atoms with Gasteiger partial charge in [0, 0.05) is 12.2 Å². The Balaban J connectivity index is 0.000000387. The van der Waals surface area contributed by atoms with Crippen molar-refractivity contribution in [3.8, 4) is 0 Å². The van der Waals surface area contributed by atoms with Crippen molar-refractivity contribution in [3.05, 3.63) is 23.4 Å². The number of piperidine rings is 1. The lowest BCUT2D eigenvalue weighted by Gasteiger charge is -2.25. The summed E-state index contributed by atoms with van der Waals surface area (Å²) in [5, 5.41) is 6.83. The van der Waals surface area contributed by atoms with Crippen molar-refractivity contribution in [2.24, 2.45) is 11.8 Å². The van der Waals surface area contributed by atoms with Crippen LogP contribution in [0, 0.1) is 11.8 Å². The third-order valence-corrected chi connectivity index (χ3v) is 4.94. The first-order valence-corrected chi connectivity index (χ1v) is 11.1. The molecule has 0 amide bonds. The Bertz CT molecular complexity index is 351. The topological polar surface area (TPSA) is 24.1 Å². The molecule has 0 aromatic heterocycles. The van der Waals surface area contributed by atoms with E-state index in [1.807, 2.05) is 27.7 Å².